The predicted octanol–water partition coefficient (Wildman–Crippen LogP) is 6.00. The smallest absolute Gasteiger partial charge is 0.421 e. The van der Waals surface area contributed by atoms with Gasteiger partial charge in [0.25, 0.3) is 11.8 Å². The molecule has 0 radical (unpaired) electrons. The molecule has 8 bridgehead atoms. The normalized spacial score (nSPS) is 18.0. The Kier molecular flexibility index (Phi) is 9.47. The van der Waals surface area contributed by atoms with E-state index in [1.165, 1.54) is 63.8 Å². The average molecular weight is 683 g/mol. The molecular weight excluding hydrogens is 654 g/mol. The summed E-state index contributed by atoms with van der Waals surface area (Å²) in [6, 6.07) is 7.00. The summed E-state index contributed by atoms with van der Waals surface area (Å²) < 4.78 is 103. The average Bonchev–Trinajstić information content (AvgIpc) is 3.47. The molecule has 0 unspecified atom stereocenters. The van der Waals surface area contributed by atoms with Gasteiger partial charge in [-0.3, -0.25) is 14.0 Å². The molecule has 0 saturated carbocycles. The van der Waals surface area contributed by atoms with Gasteiger partial charge in [-0.2, -0.15) is 23.3 Å². The summed E-state index contributed by atoms with van der Waals surface area (Å²) in [6.07, 6.45) is -2.25. The Bertz CT molecular complexity index is 1840. The third-order valence-electron chi connectivity index (χ3n) is 6.69. The van der Waals surface area contributed by atoms with E-state index in [0.717, 1.165) is 4.68 Å². The maximum atomic E-state index is 15.1. The summed E-state index contributed by atoms with van der Waals surface area (Å²) in [7, 11) is -1.50. The fourth-order valence-corrected chi connectivity index (χ4v) is 6.23. The van der Waals surface area contributed by atoms with Gasteiger partial charge in [-0.15, -0.1) is 0 Å². The van der Waals surface area contributed by atoms with Crippen LogP contribution in [0, 0.1) is 0 Å². The molecule has 0 fully saturated rings. The molecule has 4 aromatic rings. The standard InChI is InChI=1S/C28H28F5N8O5P/c1-4-45-47(43)13-16-5-6-20(22(9-16)44-3)39-26-35-11-18(28(31,32)33)24(40-26)38-21-8-7-19(37-23(21)25(42)34-2)17-10-36-41(12-17)14-27(29,30)15-46-47/h5-12H,4,13-15H2,1-3H3,(H,34,42)(H2,35,38,39,40)/t47-/m1/s1. The lowest BCUT2D eigenvalue weighted by atomic mass is 10.1. The summed E-state index contributed by atoms with van der Waals surface area (Å²) in [5, 5.41) is 11.6. The number of hydrogen-bond donors (Lipinski definition) is 3. The van der Waals surface area contributed by atoms with Crippen LogP contribution in [0.2, 0.25) is 0 Å². The number of benzene rings is 1. The van der Waals surface area contributed by atoms with Crippen molar-refractivity contribution in [1.29, 1.82) is 0 Å². The van der Waals surface area contributed by atoms with Gasteiger partial charge in [-0.25, -0.2) is 18.7 Å². The van der Waals surface area contributed by atoms with Crippen LogP contribution >= 0.6 is 7.60 Å². The van der Waals surface area contributed by atoms with Gasteiger partial charge >= 0.3 is 13.8 Å². The van der Waals surface area contributed by atoms with E-state index in [-0.39, 0.29) is 52.8 Å². The second-order valence-electron chi connectivity index (χ2n) is 10.2. The van der Waals surface area contributed by atoms with E-state index >= 15 is 8.78 Å². The fourth-order valence-electron chi connectivity index (χ4n) is 4.55. The van der Waals surface area contributed by atoms with Gasteiger partial charge in [0.05, 0.1) is 43.1 Å². The molecule has 3 N–H and O–H groups in total. The Labute approximate surface area is 264 Å². The second-order valence-corrected chi connectivity index (χ2v) is 12.2. The number of pyridine rings is 1. The number of anilines is 4. The Morgan fingerprint density at radius 1 is 1.15 bits per heavy atom. The lowest BCUT2D eigenvalue weighted by molar-refractivity contribution is -0.137. The number of carbonyl (C=O) groups excluding carboxylic acids is 1. The number of hydrogen-bond acceptors (Lipinski definition) is 11. The minimum absolute atomic E-state index is 0.0897. The van der Waals surface area contributed by atoms with Crippen molar-refractivity contribution in [2.24, 2.45) is 0 Å². The number of amides is 1. The molecule has 1 atom stereocenters. The molecule has 1 amide bonds. The van der Waals surface area contributed by atoms with Crippen LogP contribution in [0.3, 0.4) is 0 Å². The van der Waals surface area contributed by atoms with Crippen molar-refractivity contribution < 1.29 is 45.1 Å². The zero-order valence-corrected chi connectivity index (χ0v) is 26.0. The molecule has 4 aliphatic rings. The maximum Gasteiger partial charge on any atom is 0.421 e. The van der Waals surface area contributed by atoms with Crippen LogP contribution in [0.5, 0.6) is 5.75 Å². The summed E-state index contributed by atoms with van der Waals surface area (Å²) in [6.45, 7) is -0.770. The number of carbonyl (C=O) groups is 1. The van der Waals surface area contributed by atoms with Gasteiger partial charge in [0, 0.05) is 25.0 Å². The number of aromatic nitrogens is 5. The highest BCUT2D eigenvalue weighted by Gasteiger charge is 2.37. The van der Waals surface area contributed by atoms with Crippen LogP contribution in [-0.4, -0.2) is 63.9 Å². The molecule has 250 valence electrons. The quantitative estimate of drug-likeness (QED) is 0.171. The van der Waals surface area contributed by atoms with E-state index in [9.17, 15) is 22.5 Å². The first-order chi connectivity index (χ1) is 22.2. The van der Waals surface area contributed by atoms with Crippen molar-refractivity contribution in [3.8, 4) is 17.0 Å². The first kappa shape index (κ1) is 33.7. The lowest BCUT2D eigenvalue weighted by Gasteiger charge is -2.22. The van der Waals surface area contributed by atoms with E-state index in [1.807, 2.05) is 0 Å². The number of nitrogens with one attached hydrogen (secondary N) is 3. The molecule has 13 nitrogen and oxygen atoms in total. The number of nitrogens with zero attached hydrogens (tertiary/aromatic N) is 5. The van der Waals surface area contributed by atoms with Gasteiger partial charge in [0.2, 0.25) is 5.95 Å². The topological polar surface area (TPSA) is 154 Å². The maximum absolute atomic E-state index is 15.1. The molecule has 47 heavy (non-hydrogen) atoms. The van der Waals surface area contributed by atoms with E-state index in [2.05, 4.69) is 36.0 Å². The van der Waals surface area contributed by atoms with Crippen LogP contribution in [-0.2, 0) is 32.5 Å². The van der Waals surface area contributed by atoms with E-state index in [4.69, 9.17) is 13.8 Å². The summed E-state index contributed by atoms with van der Waals surface area (Å²) in [5.41, 5.74) is -0.815. The zero-order valence-electron chi connectivity index (χ0n) is 25.1. The van der Waals surface area contributed by atoms with Gasteiger partial charge in [-0.05, 0) is 36.8 Å². The molecule has 8 rings (SSSR count). The fraction of sp³-hybridized carbons (Fsp3) is 0.321. The Balaban J connectivity index is 1.65. The minimum Gasteiger partial charge on any atom is -0.495 e. The third kappa shape index (κ3) is 7.84. The number of methoxy groups -OCH3 is 1. The van der Waals surface area contributed by atoms with E-state index in [0.29, 0.717) is 11.8 Å². The molecule has 0 saturated heterocycles. The van der Waals surface area contributed by atoms with Crippen LogP contribution in [0.25, 0.3) is 11.3 Å². The highest BCUT2D eigenvalue weighted by atomic mass is 31.2. The summed E-state index contributed by atoms with van der Waals surface area (Å²) in [4.78, 5) is 24.9. The first-order valence-corrected chi connectivity index (χ1v) is 15.6. The van der Waals surface area contributed by atoms with Gasteiger partial charge < -0.3 is 29.7 Å². The molecule has 19 heteroatoms. The lowest BCUT2D eigenvalue weighted by Crippen LogP contribution is -2.29. The predicted molar refractivity (Wildman–Crippen MR) is 159 cm³/mol. The highest BCUT2D eigenvalue weighted by Crippen LogP contribution is 2.53. The molecule has 3 aromatic heterocycles. The van der Waals surface area contributed by atoms with Gasteiger partial charge in [-0.1, -0.05) is 6.07 Å². The van der Waals surface area contributed by atoms with Gasteiger partial charge in [0.15, 0.2) is 5.69 Å². The zero-order chi connectivity index (χ0) is 34.0. The van der Waals surface area contributed by atoms with Crippen molar-refractivity contribution in [1.82, 2.24) is 30.0 Å². The van der Waals surface area contributed by atoms with Crippen LogP contribution in [0.4, 0.5) is 45.1 Å². The molecular formula is C28H28F5N8O5P. The molecule has 4 aliphatic heterocycles. The number of rotatable bonds is 4. The summed E-state index contributed by atoms with van der Waals surface area (Å²) >= 11 is 0. The second kappa shape index (κ2) is 13.2. The van der Waals surface area contributed by atoms with Crippen molar-refractivity contribution in [3.05, 3.63) is 65.7 Å². The van der Waals surface area contributed by atoms with Gasteiger partial charge in [0.1, 0.15) is 30.3 Å². The van der Waals surface area contributed by atoms with Crippen molar-refractivity contribution in [3.63, 3.8) is 0 Å². The van der Waals surface area contributed by atoms with Crippen molar-refractivity contribution >= 4 is 36.6 Å². The first-order valence-electron chi connectivity index (χ1n) is 13.9. The Hall–Kier alpha value is -4.67. The number of alkyl halides is 5. The Morgan fingerprint density at radius 2 is 1.91 bits per heavy atom. The SMILES string of the molecule is CCO[P@]1(=O)Cc2ccc(c(OC)c2)Nc2ncc(C(F)(F)F)c(n2)Nc2ccc(nc2C(=O)NC)-c2cnn(c2)CC(F)(F)CO1. The van der Waals surface area contributed by atoms with Crippen LogP contribution in [0.1, 0.15) is 28.5 Å². The number of halogens is 5. The largest absolute Gasteiger partial charge is 0.495 e. The van der Waals surface area contributed by atoms with Crippen molar-refractivity contribution in [2.75, 3.05) is 38.0 Å². The monoisotopic (exact) mass is 682 g/mol. The minimum atomic E-state index is -4.89. The van der Waals surface area contributed by atoms with E-state index in [1.54, 1.807) is 0 Å². The van der Waals surface area contributed by atoms with Crippen molar-refractivity contribution in [2.45, 2.75) is 31.7 Å². The molecule has 1 aromatic carbocycles. The number of ether oxygens (including phenoxy) is 1. The summed E-state index contributed by atoms with van der Waals surface area (Å²) in [5.74, 6) is -5.15. The highest BCUT2D eigenvalue weighted by molar-refractivity contribution is 7.53. The van der Waals surface area contributed by atoms with E-state index < -0.39 is 50.1 Å². The Morgan fingerprint density at radius 3 is 2.62 bits per heavy atom. The molecule has 7 heterocycles. The molecule has 0 spiro atoms. The third-order valence-corrected chi connectivity index (χ3v) is 8.62. The molecule has 0 aliphatic carbocycles. The van der Waals surface area contributed by atoms with Crippen LogP contribution in [0.15, 0.2) is 48.9 Å². The van der Waals surface area contributed by atoms with Crippen LogP contribution < -0.4 is 20.7 Å².